The molecule has 0 saturated heterocycles. The van der Waals surface area contributed by atoms with E-state index in [9.17, 15) is 5.11 Å². The van der Waals surface area contributed by atoms with E-state index in [1.165, 1.54) is 11.3 Å². The number of aromatic nitrogens is 2. The maximum Gasteiger partial charge on any atom is 0.205 e. The van der Waals surface area contributed by atoms with E-state index in [0.29, 0.717) is 17.1 Å². The summed E-state index contributed by atoms with van der Waals surface area (Å²) in [6.07, 6.45) is 0.00978. The summed E-state index contributed by atoms with van der Waals surface area (Å²) in [6, 6.07) is 13.5. The van der Waals surface area contributed by atoms with Crippen LogP contribution in [0.15, 0.2) is 42.5 Å². The predicted octanol–water partition coefficient (Wildman–Crippen LogP) is 5.42. The minimum absolute atomic E-state index is 0.182. The summed E-state index contributed by atoms with van der Waals surface area (Å²) in [7, 11) is 0. The molecule has 6 heteroatoms. The normalized spacial score (nSPS) is 13.2. The van der Waals surface area contributed by atoms with Crippen molar-refractivity contribution < 1.29 is 5.11 Å². The summed E-state index contributed by atoms with van der Waals surface area (Å²) in [5, 5.41) is 21.0. The number of nitrogens with zero attached hydrogens (tertiary/aromatic N) is 3. The third kappa shape index (κ3) is 3.78. The third-order valence-electron chi connectivity index (χ3n) is 4.40. The van der Waals surface area contributed by atoms with E-state index in [1.807, 2.05) is 43.3 Å². The number of aliphatic hydroxyl groups is 1. The average molecular weight is 384 g/mol. The molecule has 132 valence electrons. The van der Waals surface area contributed by atoms with Gasteiger partial charge in [0, 0.05) is 11.5 Å². The fourth-order valence-electron chi connectivity index (χ4n) is 2.80. The molecule has 1 heterocycles. The van der Waals surface area contributed by atoms with E-state index in [-0.39, 0.29) is 5.92 Å². The second kappa shape index (κ2) is 7.96. The molecule has 2 aromatic carbocycles. The fourth-order valence-corrected chi connectivity index (χ4v) is 4.07. The van der Waals surface area contributed by atoms with Crippen molar-refractivity contribution in [1.29, 1.82) is 0 Å². The van der Waals surface area contributed by atoms with E-state index in [1.54, 1.807) is 13.0 Å². The van der Waals surface area contributed by atoms with Crippen molar-refractivity contribution in [3.8, 4) is 10.6 Å². The first-order chi connectivity index (χ1) is 12.5. The minimum atomic E-state index is -0.578. The highest BCUT2D eigenvalue weighted by atomic mass is 35.5. The second-order valence-corrected chi connectivity index (χ2v) is 7.54. The van der Waals surface area contributed by atoms with Crippen molar-refractivity contribution in [3.05, 3.63) is 75.0 Å². The first-order valence-electron chi connectivity index (χ1n) is 8.23. The van der Waals surface area contributed by atoms with Crippen molar-refractivity contribution in [2.45, 2.75) is 32.3 Å². The van der Waals surface area contributed by atoms with Gasteiger partial charge in [-0.1, -0.05) is 65.4 Å². The van der Waals surface area contributed by atoms with Crippen LogP contribution in [0.1, 0.15) is 29.0 Å². The van der Waals surface area contributed by atoms with E-state index in [2.05, 4.69) is 15.0 Å². The number of benzene rings is 2. The molecule has 0 radical (unpaired) electrons. The monoisotopic (exact) mass is 383 g/mol. The van der Waals surface area contributed by atoms with Gasteiger partial charge in [-0.15, -0.1) is 10.2 Å². The lowest BCUT2D eigenvalue weighted by atomic mass is 9.92. The number of hydrogen-bond donors (Lipinski definition) is 1. The van der Waals surface area contributed by atoms with Crippen molar-refractivity contribution in [2.24, 2.45) is 0 Å². The van der Waals surface area contributed by atoms with Gasteiger partial charge in [0.05, 0.1) is 17.7 Å². The molecule has 0 spiro atoms. The Bertz CT molecular complexity index is 947. The molecule has 0 unspecified atom stereocenters. The standard InChI is InChI=1S/C20H18ClN3OS/c1-12-15(9-10-17(22-3)18(12)21)11-16(13(2)25)20-24-23-19(26-20)14-7-5-4-6-8-14/h4-10,13,16,25H,11H2,1-2H3/t13-,16-/m1/s1. The molecule has 1 N–H and O–H groups in total. The van der Waals surface area contributed by atoms with Crippen molar-refractivity contribution in [1.82, 2.24) is 10.2 Å². The number of aliphatic hydroxyl groups excluding tert-OH is 1. The third-order valence-corrected chi connectivity index (χ3v) is 5.98. The topological polar surface area (TPSA) is 50.4 Å². The Morgan fingerprint density at radius 2 is 1.92 bits per heavy atom. The molecule has 2 atom stereocenters. The lowest BCUT2D eigenvalue weighted by Crippen LogP contribution is -2.17. The Morgan fingerprint density at radius 3 is 2.58 bits per heavy atom. The molecule has 1 aromatic heterocycles. The lowest BCUT2D eigenvalue weighted by molar-refractivity contribution is 0.161. The first-order valence-corrected chi connectivity index (χ1v) is 9.43. The molecule has 3 rings (SSSR count). The summed E-state index contributed by atoms with van der Waals surface area (Å²) in [6.45, 7) is 10.8. The van der Waals surface area contributed by atoms with Crippen molar-refractivity contribution in [3.63, 3.8) is 0 Å². The van der Waals surface area contributed by atoms with E-state index < -0.39 is 6.10 Å². The minimum Gasteiger partial charge on any atom is -0.393 e. The smallest absolute Gasteiger partial charge is 0.205 e. The molecule has 0 fully saturated rings. The van der Waals surface area contributed by atoms with Crippen molar-refractivity contribution >= 4 is 28.6 Å². The van der Waals surface area contributed by atoms with Crippen LogP contribution < -0.4 is 0 Å². The average Bonchev–Trinajstić information content (AvgIpc) is 3.13. The Labute approximate surface area is 161 Å². The zero-order valence-electron chi connectivity index (χ0n) is 14.5. The van der Waals surface area contributed by atoms with Gasteiger partial charge in [0.1, 0.15) is 10.0 Å². The van der Waals surface area contributed by atoms with Gasteiger partial charge < -0.3 is 5.11 Å². The number of rotatable bonds is 5. The summed E-state index contributed by atoms with van der Waals surface area (Å²) in [5.41, 5.74) is 3.34. The first kappa shape index (κ1) is 18.5. The Morgan fingerprint density at radius 1 is 1.19 bits per heavy atom. The van der Waals surface area contributed by atoms with Gasteiger partial charge in [0.2, 0.25) is 5.69 Å². The summed E-state index contributed by atoms with van der Waals surface area (Å²) in [4.78, 5) is 3.43. The second-order valence-electron chi connectivity index (χ2n) is 6.16. The van der Waals surface area contributed by atoms with Crippen LogP contribution in [0.5, 0.6) is 0 Å². The van der Waals surface area contributed by atoms with Gasteiger partial charge in [-0.3, -0.25) is 0 Å². The molecule has 0 aliphatic rings. The van der Waals surface area contributed by atoms with Crippen LogP contribution in [-0.2, 0) is 6.42 Å². The van der Waals surface area contributed by atoms with E-state index in [0.717, 1.165) is 26.7 Å². The van der Waals surface area contributed by atoms with Gasteiger partial charge in [-0.2, -0.15) is 0 Å². The van der Waals surface area contributed by atoms with Crippen LogP contribution in [0.25, 0.3) is 15.4 Å². The van der Waals surface area contributed by atoms with E-state index in [4.69, 9.17) is 18.2 Å². The molecule has 0 bridgehead atoms. The van der Waals surface area contributed by atoms with E-state index >= 15 is 0 Å². The molecule has 3 aromatic rings. The zero-order valence-corrected chi connectivity index (χ0v) is 16.1. The van der Waals surface area contributed by atoms with Crippen LogP contribution in [0.3, 0.4) is 0 Å². The Hall–Kier alpha value is -2.26. The maximum atomic E-state index is 10.3. The van der Waals surface area contributed by atoms with Crippen LogP contribution in [0, 0.1) is 13.5 Å². The Kier molecular flexibility index (Phi) is 5.67. The number of halogens is 1. The quantitative estimate of drug-likeness (QED) is 0.598. The highest BCUT2D eigenvalue weighted by Gasteiger charge is 2.24. The molecule has 0 aliphatic carbocycles. The van der Waals surface area contributed by atoms with Crippen LogP contribution in [0.4, 0.5) is 5.69 Å². The highest BCUT2D eigenvalue weighted by Crippen LogP contribution is 2.35. The highest BCUT2D eigenvalue weighted by molar-refractivity contribution is 7.14. The maximum absolute atomic E-state index is 10.3. The molecule has 0 aliphatic heterocycles. The van der Waals surface area contributed by atoms with Gasteiger partial charge in [-0.25, -0.2) is 4.85 Å². The van der Waals surface area contributed by atoms with Gasteiger partial charge in [-0.05, 0) is 31.4 Å². The van der Waals surface area contributed by atoms with Crippen LogP contribution in [-0.4, -0.2) is 21.4 Å². The van der Waals surface area contributed by atoms with Crippen molar-refractivity contribution in [2.75, 3.05) is 0 Å². The molecule has 0 amide bonds. The largest absolute Gasteiger partial charge is 0.393 e. The fraction of sp³-hybridized carbons (Fsp3) is 0.250. The molecular weight excluding hydrogens is 366 g/mol. The van der Waals surface area contributed by atoms with Gasteiger partial charge in [0.25, 0.3) is 0 Å². The van der Waals surface area contributed by atoms with Crippen LogP contribution in [0.2, 0.25) is 5.02 Å². The Balaban J connectivity index is 1.91. The van der Waals surface area contributed by atoms with Gasteiger partial charge >= 0.3 is 0 Å². The lowest BCUT2D eigenvalue weighted by Gasteiger charge is -2.19. The summed E-state index contributed by atoms with van der Waals surface area (Å²) >= 11 is 7.79. The molecule has 26 heavy (non-hydrogen) atoms. The molecule has 0 saturated carbocycles. The predicted molar refractivity (Wildman–Crippen MR) is 106 cm³/mol. The molecule has 4 nitrogen and oxygen atoms in total. The number of hydrogen-bond acceptors (Lipinski definition) is 4. The summed E-state index contributed by atoms with van der Waals surface area (Å²) in [5.74, 6) is -0.182. The van der Waals surface area contributed by atoms with Crippen LogP contribution >= 0.6 is 22.9 Å². The summed E-state index contributed by atoms with van der Waals surface area (Å²) < 4.78 is 0. The SMILES string of the molecule is [C-]#[N+]c1ccc(C[C@@H](c2nnc(-c3ccccc3)s2)[C@@H](C)O)c(C)c1Cl. The van der Waals surface area contributed by atoms with Gasteiger partial charge in [0.15, 0.2) is 0 Å². The zero-order chi connectivity index (χ0) is 18.7. The molecular formula is C20H18ClN3OS.